The Kier molecular flexibility index (Phi) is 7.56. The number of anilines is 1. The maximum absolute atomic E-state index is 13.9. The summed E-state index contributed by atoms with van der Waals surface area (Å²) >= 11 is 0.515. The number of fused-ring (bicyclic) bond motifs is 1. The number of aromatic nitrogens is 1. The molecule has 0 unspecified atom stereocenters. The molecule has 2 aromatic carbocycles. The predicted octanol–water partition coefficient (Wildman–Crippen LogP) is 7.20. The summed E-state index contributed by atoms with van der Waals surface area (Å²) < 4.78 is 119. The molecule has 0 fully saturated rings. The van der Waals surface area contributed by atoms with E-state index in [2.05, 4.69) is 10.3 Å². The van der Waals surface area contributed by atoms with E-state index in [1.165, 1.54) is 12.1 Å². The highest BCUT2D eigenvalue weighted by Crippen LogP contribution is 2.43. The van der Waals surface area contributed by atoms with Crippen molar-refractivity contribution in [3.05, 3.63) is 99.7 Å². The van der Waals surface area contributed by atoms with Crippen molar-refractivity contribution in [2.45, 2.75) is 12.8 Å². The second kappa shape index (κ2) is 11.0. The van der Waals surface area contributed by atoms with Crippen LogP contribution in [0.15, 0.2) is 52.9 Å². The smallest absolute Gasteiger partial charge is 0.433 e. The Balaban J connectivity index is 1.49. The van der Waals surface area contributed by atoms with E-state index in [4.69, 9.17) is 14.9 Å². The molecule has 0 atom stereocenters. The summed E-state index contributed by atoms with van der Waals surface area (Å²) in [7, 11) is 0. The zero-order chi connectivity index (χ0) is 31.2. The van der Waals surface area contributed by atoms with Gasteiger partial charge in [-0.25, -0.2) is 18.2 Å². The molecule has 5 rings (SSSR count). The molecular weight excluding hydrogens is 614 g/mol. The van der Waals surface area contributed by atoms with Crippen LogP contribution in [-0.2, 0) is 12.8 Å². The number of nitrogens with two attached hydrogens (primary N) is 1. The van der Waals surface area contributed by atoms with Crippen molar-refractivity contribution in [3.8, 4) is 16.9 Å². The number of pyridine rings is 1. The monoisotopic (exact) mass is 627 g/mol. The first-order chi connectivity index (χ1) is 20.3. The second-order valence-electron chi connectivity index (χ2n) is 8.68. The van der Waals surface area contributed by atoms with E-state index in [-0.39, 0.29) is 32.1 Å². The summed E-state index contributed by atoms with van der Waals surface area (Å²) in [5.74, 6) is -15.7. The van der Waals surface area contributed by atoms with Crippen molar-refractivity contribution < 1.29 is 53.9 Å². The molecule has 3 aromatic heterocycles. The highest BCUT2D eigenvalue weighted by molar-refractivity contribution is 7.21. The fraction of sp³-hybridized carbons (Fsp3) is 0.0741. The zero-order valence-corrected chi connectivity index (χ0v) is 21.7. The van der Waals surface area contributed by atoms with Crippen LogP contribution in [0.5, 0.6) is 5.75 Å². The van der Waals surface area contributed by atoms with Gasteiger partial charge < -0.3 is 20.2 Å². The van der Waals surface area contributed by atoms with Gasteiger partial charge in [0, 0.05) is 5.39 Å². The number of furan rings is 1. The number of benzene rings is 2. The van der Waals surface area contributed by atoms with E-state index in [0.29, 0.717) is 16.9 Å². The Morgan fingerprint density at radius 1 is 0.930 bits per heavy atom. The van der Waals surface area contributed by atoms with Gasteiger partial charge in [-0.05, 0) is 29.3 Å². The van der Waals surface area contributed by atoms with Gasteiger partial charge in [0.1, 0.15) is 27.8 Å². The van der Waals surface area contributed by atoms with E-state index in [9.17, 15) is 44.7 Å². The third kappa shape index (κ3) is 5.48. The van der Waals surface area contributed by atoms with Crippen LogP contribution in [0, 0.1) is 29.1 Å². The van der Waals surface area contributed by atoms with E-state index < -0.39 is 70.9 Å². The van der Waals surface area contributed by atoms with Crippen molar-refractivity contribution in [3.63, 3.8) is 0 Å². The lowest BCUT2D eigenvalue weighted by atomic mass is 10.0. The molecule has 3 heterocycles. The third-order valence-corrected chi connectivity index (χ3v) is 7.01. The number of nitrogens with zero attached hydrogens (tertiary/aromatic N) is 1. The van der Waals surface area contributed by atoms with Gasteiger partial charge in [-0.2, -0.15) is 22.0 Å². The lowest BCUT2D eigenvalue weighted by Crippen LogP contribution is -2.16. The number of hydrogen-bond acceptors (Lipinski definition) is 6. The minimum absolute atomic E-state index is 0.0201. The second-order valence-corrected chi connectivity index (χ2v) is 9.68. The molecular formula is C27H13F8N3O4S. The number of amides is 2. The quantitative estimate of drug-likeness (QED) is 0.113. The molecule has 5 aromatic rings. The first kappa shape index (κ1) is 29.5. The van der Waals surface area contributed by atoms with Crippen LogP contribution >= 0.6 is 11.3 Å². The van der Waals surface area contributed by atoms with Crippen LogP contribution in [0.1, 0.15) is 31.7 Å². The summed E-state index contributed by atoms with van der Waals surface area (Å²) in [6.07, 6.45) is -4.85. The molecule has 0 radical (unpaired) electrons. The first-order valence-electron chi connectivity index (χ1n) is 11.7. The highest BCUT2D eigenvalue weighted by atomic mass is 32.1. The fourth-order valence-corrected chi connectivity index (χ4v) is 5.00. The number of halogens is 8. The van der Waals surface area contributed by atoms with E-state index in [1.54, 1.807) is 18.2 Å². The Morgan fingerprint density at radius 3 is 2.16 bits per heavy atom. The predicted molar refractivity (Wildman–Crippen MR) is 136 cm³/mol. The molecule has 3 N–H and O–H groups in total. The van der Waals surface area contributed by atoms with Gasteiger partial charge in [0.25, 0.3) is 11.8 Å². The maximum atomic E-state index is 13.9. The van der Waals surface area contributed by atoms with Crippen LogP contribution in [0.3, 0.4) is 0 Å². The van der Waals surface area contributed by atoms with Crippen molar-refractivity contribution in [2.75, 3.05) is 5.32 Å². The van der Waals surface area contributed by atoms with Crippen molar-refractivity contribution in [2.24, 2.45) is 5.73 Å². The molecule has 0 saturated carbocycles. The van der Waals surface area contributed by atoms with E-state index in [1.807, 2.05) is 0 Å². The summed E-state index contributed by atoms with van der Waals surface area (Å²) in [5, 5.41) is 2.36. The normalized spacial score (nSPS) is 11.6. The number of alkyl halides is 3. The molecule has 222 valence electrons. The average molecular weight is 627 g/mol. The van der Waals surface area contributed by atoms with Gasteiger partial charge in [0.05, 0.1) is 5.69 Å². The molecule has 7 nitrogen and oxygen atoms in total. The molecule has 0 bridgehead atoms. The molecule has 0 saturated heterocycles. The average Bonchev–Trinajstić information content (AvgIpc) is 3.60. The molecule has 0 aliphatic heterocycles. The SMILES string of the molecule is NC(=O)c1sc2nc(C(F)(F)F)cc(-c3ccccc3)c2c1NC(=O)c1ccc(COc2c(F)c(F)c(F)c(F)c2F)o1. The lowest BCUT2D eigenvalue weighted by Gasteiger charge is -2.12. The van der Waals surface area contributed by atoms with Crippen molar-refractivity contribution in [1.82, 2.24) is 4.98 Å². The van der Waals surface area contributed by atoms with Gasteiger partial charge in [0.15, 0.2) is 11.5 Å². The summed E-state index contributed by atoms with van der Waals surface area (Å²) in [6.45, 7) is -0.873. The van der Waals surface area contributed by atoms with Gasteiger partial charge in [-0.3, -0.25) is 9.59 Å². The number of nitrogens with one attached hydrogen (secondary N) is 1. The summed E-state index contributed by atoms with van der Waals surface area (Å²) in [6, 6.07) is 10.7. The molecule has 0 aliphatic carbocycles. The molecule has 2 amide bonds. The first-order valence-corrected chi connectivity index (χ1v) is 12.5. The van der Waals surface area contributed by atoms with Crippen LogP contribution in [0.25, 0.3) is 21.3 Å². The molecule has 0 aliphatic rings. The summed E-state index contributed by atoms with van der Waals surface area (Å²) in [5.41, 5.74) is 4.22. The van der Waals surface area contributed by atoms with Crippen LogP contribution < -0.4 is 15.8 Å². The minimum atomic E-state index is -4.85. The van der Waals surface area contributed by atoms with Gasteiger partial charge in [0.2, 0.25) is 29.1 Å². The van der Waals surface area contributed by atoms with Crippen LogP contribution in [-0.4, -0.2) is 16.8 Å². The van der Waals surface area contributed by atoms with Crippen molar-refractivity contribution in [1.29, 1.82) is 0 Å². The highest BCUT2D eigenvalue weighted by Gasteiger charge is 2.35. The third-order valence-electron chi connectivity index (χ3n) is 5.91. The molecule has 43 heavy (non-hydrogen) atoms. The maximum Gasteiger partial charge on any atom is 0.433 e. The largest absolute Gasteiger partial charge is 0.479 e. The number of hydrogen-bond donors (Lipinski definition) is 2. The number of ether oxygens (including phenoxy) is 1. The number of thiophene rings is 1. The zero-order valence-electron chi connectivity index (χ0n) is 20.9. The number of rotatable bonds is 7. The van der Waals surface area contributed by atoms with Gasteiger partial charge in [-0.15, -0.1) is 11.3 Å². The Bertz CT molecular complexity index is 1880. The summed E-state index contributed by atoms with van der Waals surface area (Å²) in [4.78, 5) is 28.4. The number of carbonyl (C=O) groups is 2. The van der Waals surface area contributed by atoms with E-state index in [0.717, 1.165) is 18.2 Å². The fourth-order valence-electron chi connectivity index (χ4n) is 3.99. The molecule has 16 heteroatoms. The van der Waals surface area contributed by atoms with Crippen LogP contribution in [0.4, 0.5) is 40.8 Å². The Labute approximate surface area is 238 Å². The Hall–Kier alpha value is -4.99. The number of primary amides is 1. The number of carbonyl (C=O) groups excluding carboxylic acids is 2. The Morgan fingerprint density at radius 2 is 1.56 bits per heavy atom. The van der Waals surface area contributed by atoms with Crippen molar-refractivity contribution >= 4 is 39.1 Å². The lowest BCUT2D eigenvalue weighted by molar-refractivity contribution is -0.140. The minimum Gasteiger partial charge on any atom is -0.479 e. The standard InChI is InChI=1S/C27H13F8N3O4S/c28-16-17(29)19(31)22(20(32)18(16)30)41-9-11-6-7-13(42-11)25(40)38-21-15-12(10-4-2-1-3-5-10)8-14(27(33,34)35)37-26(15)43-23(21)24(36)39/h1-8H,9H2,(H2,36,39)(H,38,40). The van der Waals surface area contributed by atoms with E-state index >= 15 is 0 Å². The molecule has 0 spiro atoms. The van der Waals surface area contributed by atoms with Crippen LogP contribution in [0.2, 0.25) is 0 Å². The topological polar surface area (TPSA) is 107 Å². The van der Waals surface area contributed by atoms with Gasteiger partial charge >= 0.3 is 6.18 Å². The van der Waals surface area contributed by atoms with Gasteiger partial charge in [-0.1, -0.05) is 30.3 Å².